The van der Waals surface area contributed by atoms with Gasteiger partial charge in [-0.3, -0.25) is 4.90 Å². The van der Waals surface area contributed by atoms with Gasteiger partial charge in [0.1, 0.15) is 18.3 Å². The van der Waals surface area contributed by atoms with Crippen molar-refractivity contribution in [3.8, 4) is 0 Å². The quantitative estimate of drug-likeness (QED) is 0.404. The highest BCUT2D eigenvalue weighted by atomic mass is 16.6. The summed E-state index contributed by atoms with van der Waals surface area (Å²) >= 11 is 0. The Bertz CT molecular complexity index is 189. The van der Waals surface area contributed by atoms with E-state index < -0.39 is 37.3 Å². The summed E-state index contributed by atoms with van der Waals surface area (Å²) in [5, 5.41) is 37.1. The van der Waals surface area contributed by atoms with E-state index in [0.29, 0.717) is 0 Å². The Hall–Kier alpha value is -0.240. The first-order chi connectivity index (χ1) is 6.49. The number of aliphatic hydroxyl groups is 4. The zero-order valence-corrected chi connectivity index (χ0v) is 8.24. The van der Waals surface area contributed by atoms with Gasteiger partial charge >= 0.3 is 0 Å². The number of nitrogens with zero attached hydrogens (tertiary/aromatic N) is 1. The number of rotatable bonds is 3. The molecule has 0 spiro atoms. The van der Waals surface area contributed by atoms with Crippen LogP contribution in [0.4, 0.5) is 0 Å². The molecule has 0 radical (unpaired) electrons. The highest BCUT2D eigenvalue weighted by Gasteiger charge is 2.46. The van der Waals surface area contributed by atoms with Crippen molar-refractivity contribution in [1.82, 2.24) is 4.90 Å². The van der Waals surface area contributed by atoms with Gasteiger partial charge in [-0.15, -0.1) is 0 Å². The van der Waals surface area contributed by atoms with E-state index in [1.165, 1.54) is 0 Å². The molecule has 2 unspecified atom stereocenters. The van der Waals surface area contributed by atoms with Crippen LogP contribution in [0.3, 0.4) is 0 Å². The molecular weight excluding hydrogens is 190 g/mol. The monoisotopic (exact) mass is 207 g/mol. The maximum atomic E-state index is 9.69. The van der Waals surface area contributed by atoms with Crippen molar-refractivity contribution in [2.24, 2.45) is 0 Å². The number of aliphatic hydroxyl groups excluding tert-OH is 4. The van der Waals surface area contributed by atoms with Crippen LogP contribution < -0.4 is 0 Å². The predicted molar refractivity (Wildman–Crippen MR) is 47.5 cm³/mol. The van der Waals surface area contributed by atoms with Gasteiger partial charge < -0.3 is 25.2 Å². The van der Waals surface area contributed by atoms with E-state index >= 15 is 0 Å². The highest BCUT2D eigenvalue weighted by Crippen LogP contribution is 2.24. The van der Waals surface area contributed by atoms with Crippen molar-refractivity contribution in [2.45, 2.75) is 30.6 Å². The molecule has 0 bridgehead atoms. The molecule has 0 saturated carbocycles. The first-order valence-electron chi connectivity index (χ1n) is 4.46. The molecule has 0 aromatic heterocycles. The van der Waals surface area contributed by atoms with Crippen LogP contribution in [0.2, 0.25) is 0 Å². The van der Waals surface area contributed by atoms with E-state index in [1.54, 1.807) is 19.0 Å². The number of likely N-dealkylation sites (N-methyl/N-ethyl adjacent to an activating group) is 1. The Morgan fingerprint density at radius 2 is 1.93 bits per heavy atom. The highest BCUT2D eigenvalue weighted by molar-refractivity contribution is 4.94. The van der Waals surface area contributed by atoms with Crippen LogP contribution in [0, 0.1) is 0 Å². The second-order valence-corrected chi connectivity index (χ2v) is 3.69. The molecule has 5 atom stereocenters. The molecule has 6 nitrogen and oxygen atoms in total. The zero-order chi connectivity index (χ0) is 10.9. The first-order valence-corrected chi connectivity index (χ1v) is 4.46. The summed E-state index contributed by atoms with van der Waals surface area (Å²) in [6.45, 7) is -0.505. The van der Waals surface area contributed by atoms with Crippen LogP contribution in [0.15, 0.2) is 0 Å². The molecule has 4 N–H and O–H groups in total. The fraction of sp³-hybridized carbons (Fsp3) is 1.00. The topological polar surface area (TPSA) is 93.4 Å². The van der Waals surface area contributed by atoms with E-state index in [4.69, 9.17) is 9.84 Å². The van der Waals surface area contributed by atoms with Gasteiger partial charge in [-0.25, -0.2) is 0 Å². The van der Waals surface area contributed by atoms with Crippen molar-refractivity contribution in [2.75, 3.05) is 20.7 Å². The second-order valence-electron chi connectivity index (χ2n) is 3.69. The Morgan fingerprint density at radius 1 is 1.36 bits per heavy atom. The molecule has 1 fully saturated rings. The fourth-order valence-electron chi connectivity index (χ4n) is 1.67. The molecule has 1 heterocycles. The molecule has 14 heavy (non-hydrogen) atoms. The summed E-state index contributed by atoms with van der Waals surface area (Å²) in [6.07, 6.45) is -4.28. The summed E-state index contributed by atoms with van der Waals surface area (Å²) in [5.74, 6) is 0. The van der Waals surface area contributed by atoms with Gasteiger partial charge in [-0.05, 0) is 14.1 Å². The number of hydrogen-bond acceptors (Lipinski definition) is 6. The lowest BCUT2D eigenvalue weighted by molar-refractivity contribution is -0.143. The average molecular weight is 207 g/mol. The molecule has 1 rings (SSSR count). The minimum atomic E-state index is -1.18. The van der Waals surface area contributed by atoms with Gasteiger partial charge in [0.15, 0.2) is 6.29 Å². The second kappa shape index (κ2) is 4.52. The molecular formula is C8H17NO5. The van der Waals surface area contributed by atoms with Gasteiger partial charge in [0.2, 0.25) is 0 Å². The summed E-state index contributed by atoms with van der Waals surface area (Å²) in [7, 11) is 3.38. The minimum Gasteiger partial charge on any atom is -0.394 e. The standard InChI is InChI=1S/C8H17NO5/c1-9(2)5-6(12)7(4(11)3-10)14-8(5)13/h4-8,10-13H,3H2,1-2H3/t4-,5+,6-,7?,8?/m1/s1. The van der Waals surface area contributed by atoms with E-state index in [9.17, 15) is 15.3 Å². The van der Waals surface area contributed by atoms with E-state index in [0.717, 1.165) is 0 Å². The molecule has 0 aliphatic carbocycles. The Kier molecular flexibility index (Phi) is 3.82. The van der Waals surface area contributed by atoms with Crippen LogP contribution in [0.25, 0.3) is 0 Å². The number of ether oxygens (including phenoxy) is 1. The third-order valence-corrected chi connectivity index (χ3v) is 2.44. The van der Waals surface area contributed by atoms with Crippen molar-refractivity contribution >= 4 is 0 Å². The molecule has 84 valence electrons. The lowest BCUT2D eigenvalue weighted by Gasteiger charge is -2.24. The molecule has 0 aromatic carbocycles. The third-order valence-electron chi connectivity index (χ3n) is 2.44. The van der Waals surface area contributed by atoms with Crippen molar-refractivity contribution in [3.05, 3.63) is 0 Å². The van der Waals surface area contributed by atoms with Crippen LogP contribution in [0.5, 0.6) is 0 Å². The molecule has 6 heteroatoms. The van der Waals surface area contributed by atoms with Crippen molar-refractivity contribution in [1.29, 1.82) is 0 Å². The normalized spacial score (nSPS) is 40.5. The average Bonchev–Trinajstić information content (AvgIpc) is 2.40. The molecule has 0 amide bonds. The Balaban J connectivity index is 2.68. The summed E-state index contributed by atoms with van der Waals surface area (Å²) in [4.78, 5) is 1.61. The van der Waals surface area contributed by atoms with Crippen LogP contribution >= 0.6 is 0 Å². The molecule has 0 aromatic rings. The lowest BCUT2D eigenvalue weighted by Crippen LogP contribution is -2.46. The van der Waals surface area contributed by atoms with E-state index in [1.807, 2.05) is 0 Å². The van der Waals surface area contributed by atoms with Gasteiger partial charge in [0.25, 0.3) is 0 Å². The van der Waals surface area contributed by atoms with Gasteiger partial charge in [0.05, 0.1) is 12.6 Å². The minimum absolute atomic E-state index is 0.505. The molecule has 1 saturated heterocycles. The SMILES string of the molecule is CN(C)[C@@H]1C(O)OC([C@H](O)CO)[C@@H]1O. The lowest BCUT2D eigenvalue weighted by atomic mass is 10.0. The predicted octanol–water partition coefficient (Wildman–Crippen LogP) is -2.65. The maximum Gasteiger partial charge on any atom is 0.173 e. The fourth-order valence-corrected chi connectivity index (χ4v) is 1.67. The van der Waals surface area contributed by atoms with E-state index in [-0.39, 0.29) is 0 Å². The summed E-state index contributed by atoms with van der Waals surface area (Å²) in [6, 6.07) is -0.582. The maximum absolute atomic E-state index is 9.69. The van der Waals surface area contributed by atoms with Gasteiger partial charge in [-0.1, -0.05) is 0 Å². The van der Waals surface area contributed by atoms with E-state index in [2.05, 4.69) is 0 Å². The molecule has 1 aliphatic rings. The van der Waals surface area contributed by atoms with Crippen LogP contribution in [-0.2, 0) is 4.74 Å². The van der Waals surface area contributed by atoms with Gasteiger partial charge in [-0.2, -0.15) is 0 Å². The Morgan fingerprint density at radius 3 is 2.29 bits per heavy atom. The van der Waals surface area contributed by atoms with Crippen molar-refractivity contribution < 1.29 is 25.2 Å². The van der Waals surface area contributed by atoms with Crippen LogP contribution in [0.1, 0.15) is 0 Å². The zero-order valence-electron chi connectivity index (χ0n) is 8.24. The summed E-state index contributed by atoms with van der Waals surface area (Å²) < 4.78 is 4.95. The number of hydrogen-bond donors (Lipinski definition) is 4. The Labute approximate surface area is 82.3 Å². The van der Waals surface area contributed by atoms with Gasteiger partial charge in [0, 0.05) is 0 Å². The molecule has 1 aliphatic heterocycles. The summed E-state index contributed by atoms with van der Waals surface area (Å²) in [5.41, 5.74) is 0. The van der Waals surface area contributed by atoms with Crippen molar-refractivity contribution in [3.63, 3.8) is 0 Å². The van der Waals surface area contributed by atoms with Crippen LogP contribution in [-0.4, -0.2) is 76.7 Å². The first kappa shape index (κ1) is 11.8. The smallest absolute Gasteiger partial charge is 0.173 e. The third kappa shape index (κ3) is 2.05. The largest absolute Gasteiger partial charge is 0.394 e.